The Balaban J connectivity index is 1.85. The maximum absolute atomic E-state index is 11.3. The van der Waals surface area contributed by atoms with Crippen LogP contribution in [0, 0.1) is 10.1 Å². The fourth-order valence-electron chi connectivity index (χ4n) is 2.84. The Labute approximate surface area is 164 Å². The van der Waals surface area contributed by atoms with Gasteiger partial charge in [0.15, 0.2) is 6.23 Å². The molecule has 2 aromatic carbocycles. The van der Waals surface area contributed by atoms with Crippen LogP contribution in [0.4, 0.5) is 11.4 Å². The van der Waals surface area contributed by atoms with Crippen molar-refractivity contribution in [1.82, 2.24) is 0 Å². The van der Waals surface area contributed by atoms with Crippen molar-refractivity contribution >= 4 is 23.1 Å². The summed E-state index contributed by atoms with van der Waals surface area (Å²) in [6.07, 6.45) is -6.77. The number of nitro benzene ring substituents is 1. The monoisotopic (exact) mass is 408 g/mol. The number of benzene rings is 2. The van der Waals surface area contributed by atoms with Crippen molar-refractivity contribution in [1.29, 1.82) is 0 Å². The highest BCUT2D eigenvalue weighted by atomic mass is 32.2. The summed E-state index contributed by atoms with van der Waals surface area (Å²) in [5.74, 6) is 0. The molecule has 0 spiro atoms. The van der Waals surface area contributed by atoms with Gasteiger partial charge < -0.3 is 30.5 Å². The third-order valence-corrected chi connectivity index (χ3v) is 5.26. The molecule has 9 nitrogen and oxygen atoms in total. The summed E-state index contributed by atoms with van der Waals surface area (Å²) in [6, 6.07) is 13.7. The summed E-state index contributed by atoms with van der Waals surface area (Å²) < 4.78 is 5.40. The highest BCUT2D eigenvalue weighted by molar-refractivity contribution is 7.99. The number of hydrogen-bond acceptors (Lipinski definition) is 9. The van der Waals surface area contributed by atoms with E-state index in [1.807, 2.05) is 30.3 Å². The van der Waals surface area contributed by atoms with Gasteiger partial charge >= 0.3 is 0 Å². The van der Waals surface area contributed by atoms with Crippen molar-refractivity contribution in [3.63, 3.8) is 0 Å². The highest BCUT2D eigenvalue weighted by Crippen LogP contribution is 2.34. The molecule has 1 aliphatic heterocycles. The number of aliphatic hydroxyl groups is 4. The fourth-order valence-corrected chi connectivity index (χ4v) is 3.77. The van der Waals surface area contributed by atoms with E-state index >= 15 is 0 Å². The molecule has 0 saturated carbocycles. The van der Waals surface area contributed by atoms with Gasteiger partial charge in [-0.05, 0) is 18.2 Å². The number of non-ortho nitro benzene ring substituents is 1. The summed E-state index contributed by atoms with van der Waals surface area (Å²) in [7, 11) is 0. The Morgan fingerprint density at radius 3 is 2.39 bits per heavy atom. The Morgan fingerprint density at radius 2 is 1.75 bits per heavy atom. The quantitative estimate of drug-likeness (QED) is 0.348. The summed E-state index contributed by atoms with van der Waals surface area (Å²) in [4.78, 5) is 12.2. The summed E-state index contributed by atoms with van der Waals surface area (Å²) >= 11 is 1.33. The van der Waals surface area contributed by atoms with E-state index in [0.29, 0.717) is 4.90 Å². The zero-order valence-electron chi connectivity index (χ0n) is 14.6. The van der Waals surface area contributed by atoms with Gasteiger partial charge in [-0.25, -0.2) is 0 Å². The number of nitro groups is 1. The third-order valence-electron chi connectivity index (χ3n) is 4.28. The largest absolute Gasteiger partial charge is 0.394 e. The number of nitrogens with one attached hydrogen (secondary N) is 1. The lowest BCUT2D eigenvalue weighted by molar-refractivity contribution is -0.385. The van der Waals surface area contributed by atoms with Crippen LogP contribution in [0.5, 0.6) is 0 Å². The number of anilines is 1. The molecule has 0 bridgehead atoms. The molecular weight excluding hydrogens is 388 g/mol. The van der Waals surface area contributed by atoms with Crippen molar-refractivity contribution in [3.05, 3.63) is 58.6 Å². The van der Waals surface area contributed by atoms with E-state index in [-0.39, 0.29) is 11.4 Å². The van der Waals surface area contributed by atoms with Gasteiger partial charge in [0, 0.05) is 27.6 Å². The molecule has 5 N–H and O–H groups in total. The van der Waals surface area contributed by atoms with Gasteiger partial charge in [0.25, 0.3) is 5.69 Å². The molecule has 1 fully saturated rings. The minimum absolute atomic E-state index is 0.159. The second-order valence-electron chi connectivity index (χ2n) is 6.28. The number of ether oxygens (including phenoxy) is 1. The molecule has 0 aromatic heterocycles. The first-order chi connectivity index (χ1) is 13.4. The van der Waals surface area contributed by atoms with Crippen LogP contribution in [0.2, 0.25) is 0 Å². The average Bonchev–Trinajstić information content (AvgIpc) is 2.69. The average molecular weight is 408 g/mol. The third kappa shape index (κ3) is 4.61. The maximum Gasteiger partial charge on any atom is 0.272 e. The van der Waals surface area contributed by atoms with Crippen molar-refractivity contribution in [3.8, 4) is 0 Å². The zero-order chi connectivity index (χ0) is 20.3. The number of aliphatic hydroxyl groups excluding tert-OH is 4. The van der Waals surface area contributed by atoms with Gasteiger partial charge in [-0.15, -0.1) is 0 Å². The van der Waals surface area contributed by atoms with Crippen LogP contribution in [0.3, 0.4) is 0 Å². The first-order valence-electron chi connectivity index (χ1n) is 8.48. The van der Waals surface area contributed by atoms with Crippen LogP contribution >= 0.6 is 11.8 Å². The summed E-state index contributed by atoms with van der Waals surface area (Å²) in [6.45, 7) is -0.562. The molecule has 2 aromatic rings. The maximum atomic E-state index is 11.3. The molecule has 0 aliphatic carbocycles. The molecule has 150 valence electrons. The van der Waals surface area contributed by atoms with Crippen LogP contribution in [0.25, 0.3) is 0 Å². The van der Waals surface area contributed by atoms with E-state index < -0.39 is 42.2 Å². The Bertz CT molecular complexity index is 821. The van der Waals surface area contributed by atoms with Gasteiger partial charge in [0.2, 0.25) is 0 Å². The first kappa shape index (κ1) is 20.5. The van der Waals surface area contributed by atoms with E-state index in [2.05, 4.69) is 5.32 Å². The summed E-state index contributed by atoms with van der Waals surface area (Å²) in [5.41, 5.74) is 0.130. The molecule has 3 rings (SSSR count). The van der Waals surface area contributed by atoms with Gasteiger partial charge in [0.1, 0.15) is 24.4 Å². The summed E-state index contributed by atoms with van der Waals surface area (Å²) in [5, 5.41) is 53.3. The van der Waals surface area contributed by atoms with Crippen molar-refractivity contribution < 1.29 is 30.1 Å². The second kappa shape index (κ2) is 8.86. The Morgan fingerprint density at radius 1 is 1.04 bits per heavy atom. The normalized spacial score (nSPS) is 27.4. The van der Waals surface area contributed by atoms with Crippen molar-refractivity contribution in [2.75, 3.05) is 11.9 Å². The SMILES string of the molecule is O=[N+]([O-])c1cc(N[C@@H]2O[C@H](CO)[C@H](O)[C@H](O)[C@@H]2O)cc(Sc2ccccc2)c1. The first-order valence-corrected chi connectivity index (χ1v) is 9.30. The molecule has 0 radical (unpaired) electrons. The minimum Gasteiger partial charge on any atom is -0.394 e. The van der Waals surface area contributed by atoms with Gasteiger partial charge in [-0.1, -0.05) is 30.0 Å². The van der Waals surface area contributed by atoms with E-state index in [4.69, 9.17) is 4.74 Å². The Hall–Kier alpha value is -2.21. The molecule has 10 heteroatoms. The number of rotatable bonds is 6. The molecule has 0 unspecified atom stereocenters. The van der Waals surface area contributed by atoms with Crippen LogP contribution in [0.1, 0.15) is 0 Å². The van der Waals surface area contributed by atoms with Gasteiger partial charge in [-0.3, -0.25) is 10.1 Å². The van der Waals surface area contributed by atoms with Gasteiger partial charge in [-0.2, -0.15) is 0 Å². The fraction of sp³-hybridized carbons (Fsp3) is 0.333. The lowest BCUT2D eigenvalue weighted by Gasteiger charge is -2.40. The van der Waals surface area contributed by atoms with Crippen LogP contribution in [-0.4, -0.2) is 62.6 Å². The Kier molecular flexibility index (Phi) is 6.50. The topological polar surface area (TPSA) is 145 Å². The predicted octanol–water partition coefficient (Wildman–Crippen LogP) is 0.958. The van der Waals surface area contributed by atoms with Crippen molar-refractivity contribution in [2.24, 2.45) is 0 Å². The van der Waals surface area contributed by atoms with E-state index in [1.165, 1.54) is 23.9 Å². The molecule has 0 amide bonds. The minimum atomic E-state index is -1.54. The van der Waals surface area contributed by atoms with E-state index in [0.717, 1.165) is 4.90 Å². The molecule has 1 heterocycles. The van der Waals surface area contributed by atoms with Crippen LogP contribution in [0.15, 0.2) is 58.3 Å². The van der Waals surface area contributed by atoms with Crippen molar-refractivity contribution in [2.45, 2.75) is 40.4 Å². The highest BCUT2D eigenvalue weighted by Gasteiger charge is 2.43. The van der Waals surface area contributed by atoms with E-state index in [1.54, 1.807) is 6.07 Å². The molecule has 1 saturated heterocycles. The second-order valence-corrected chi connectivity index (χ2v) is 7.43. The van der Waals surface area contributed by atoms with Crippen LogP contribution < -0.4 is 5.32 Å². The molecule has 1 aliphatic rings. The lowest BCUT2D eigenvalue weighted by atomic mass is 9.98. The number of hydrogen-bond donors (Lipinski definition) is 5. The predicted molar refractivity (Wildman–Crippen MR) is 101 cm³/mol. The number of nitrogens with zero attached hydrogens (tertiary/aromatic N) is 1. The lowest BCUT2D eigenvalue weighted by Crippen LogP contribution is -2.60. The molecule has 5 atom stereocenters. The molecule has 28 heavy (non-hydrogen) atoms. The van der Waals surface area contributed by atoms with Crippen LogP contribution in [-0.2, 0) is 4.74 Å². The molecular formula is C18H20N2O7S. The van der Waals surface area contributed by atoms with E-state index in [9.17, 15) is 30.5 Å². The van der Waals surface area contributed by atoms with Gasteiger partial charge in [0.05, 0.1) is 11.5 Å². The standard InChI is InChI=1S/C18H20N2O7S/c21-9-14-15(22)16(23)17(24)18(27-14)19-10-6-11(20(25)26)8-13(7-10)28-12-4-2-1-3-5-12/h1-8,14-19,21-24H,9H2/t14-,15+,16+,17+,18-/m1/s1. The zero-order valence-corrected chi connectivity index (χ0v) is 15.4. The smallest absolute Gasteiger partial charge is 0.272 e.